The molecule has 0 aliphatic carbocycles. The van der Waals surface area contributed by atoms with Crippen molar-refractivity contribution in [2.75, 3.05) is 0 Å². The molecule has 0 bridgehead atoms. The first-order valence-corrected chi connectivity index (χ1v) is 10.5. The maximum absolute atomic E-state index is 6.37. The predicted molar refractivity (Wildman–Crippen MR) is 104 cm³/mol. The van der Waals surface area contributed by atoms with Gasteiger partial charge in [-0.3, -0.25) is 4.68 Å². The topological polar surface area (TPSA) is 83.0 Å². The van der Waals surface area contributed by atoms with Crippen LogP contribution < -0.4 is 4.74 Å². The molecule has 0 aliphatic heterocycles. The monoisotopic (exact) mass is 404 g/mol. The molecule has 8 nitrogen and oxygen atoms in total. The van der Waals surface area contributed by atoms with Gasteiger partial charge in [-0.05, 0) is 17.5 Å². The van der Waals surface area contributed by atoms with E-state index in [1.54, 1.807) is 15.5 Å². The number of ether oxygens (including phenoxy) is 1. The highest BCUT2D eigenvalue weighted by atomic mass is 35.7. The highest BCUT2D eigenvalue weighted by molar-refractivity contribution is 7.63. The summed E-state index contributed by atoms with van der Waals surface area (Å²) in [4.78, 5) is 5.09. The maximum Gasteiger partial charge on any atom is 0.240 e. The van der Waals surface area contributed by atoms with Crippen molar-refractivity contribution in [3.05, 3.63) is 41.3 Å². The molecule has 1 atom stereocenters. The van der Waals surface area contributed by atoms with Gasteiger partial charge in [0.25, 0.3) is 0 Å². The first-order chi connectivity index (χ1) is 12.8. The average molecular weight is 405 g/mol. The van der Waals surface area contributed by atoms with Crippen LogP contribution in [0.3, 0.4) is 0 Å². The van der Waals surface area contributed by atoms with Gasteiger partial charge in [0.1, 0.15) is 16.0 Å². The van der Waals surface area contributed by atoms with Crippen molar-refractivity contribution in [3.63, 3.8) is 0 Å². The number of hydrogen-bond acceptors (Lipinski definition) is 6. The van der Waals surface area contributed by atoms with E-state index in [0.717, 1.165) is 10.4 Å². The molecule has 10 heteroatoms. The van der Waals surface area contributed by atoms with E-state index >= 15 is 0 Å². The summed E-state index contributed by atoms with van der Waals surface area (Å²) in [6.45, 7) is 6.53. The lowest BCUT2D eigenvalue weighted by atomic mass is 9.88. The van der Waals surface area contributed by atoms with Crippen molar-refractivity contribution >= 4 is 26.0 Å². The van der Waals surface area contributed by atoms with Gasteiger partial charge in [-0.2, -0.15) is 9.61 Å². The van der Waals surface area contributed by atoms with Gasteiger partial charge in [-0.1, -0.05) is 20.8 Å². The Hall–Kier alpha value is -2.52. The molecule has 0 fully saturated rings. The van der Waals surface area contributed by atoms with E-state index in [9.17, 15) is 0 Å². The van der Waals surface area contributed by atoms with E-state index in [1.165, 1.54) is 0 Å². The molecule has 27 heavy (non-hydrogen) atoms. The Morgan fingerprint density at radius 2 is 2.04 bits per heavy atom. The molecule has 0 aromatic carbocycles. The minimum absolute atomic E-state index is 0.182. The molecule has 4 aromatic rings. The number of rotatable bonds is 4. The third kappa shape index (κ3) is 3.40. The average Bonchev–Trinajstić information content (AvgIpc) is 3.31. The summed E-state index contributed by atoms with van der Waals surface area (Å²) in [7, 11) is 7.66. The summed E-state index contributed by atoms with van der Waals surface area (Å²) in [5.74, 6) is 1.72. The van der Waals surface area contributed by atoms with Gasteiger partial charge >= 0.3 is 0 Å². The number of halogens is 1. The minimum Gasteiger partial charge on any atom is -0.468 e. The lowest BCUT2D eigenvalue weighted by Crippen LogP contribution is -2.16. The van der Waals surface area contributed by atoms with Crippen molar-refractivity contribution in [1.82, 2.24) is 34.6 Å². The molecule has 0 aliphatic rings. The summed E-state index contributed by atoms with van der Waals surface area (Å²) < 4.78 is 9.31. The Bertz CT molecular complexity index is 1110. The molecule has 0 amide bonds. The number of fused-ring (bicyclic) bond motifs is 1. The quantitative estimate of drug-likeness (QED) is 0.484. The van der Waals surface area contributed by atoms with E-state index in [4.69, 9.17) is 15.4 Å². The second kappa shape index (κ2) is 6.58. The number of aryl methyl sites for hydroxylation is 1. The van der Waals surface area contributed by atoms with Crippen molar-refractivity contribution in [2.45, 2.75) is 32.8 Å². The summed E-state index contributed by atoms with van der Waals surface area (Å²) in [5, 5.41) is 19.4. The second-order valence-electron chi connectivity index (χ2n) is 7.17. The third-order valence-electron chi connectivity index (χ3n) is 4.03. The molecule has 0 saturated carbocycles. The smallest absolute Gasteiger partial charge is 0.240 e. The van der Waals surface area contributed by atoms with Gasteiger partial charge in [0.2, 0.25) is 27.3 Å². The van der Waals surface area contributed by atoms with Crippen LogP contribution in [0, 0.1) is 0 Å². The molecule has 0 radical (unpaired) electrons. The van der Waals surface area contributed by atoms with Crippen molar-refractivity contribution in [2.24, 2.45) is 7.05 Å². The third-order valence-corrected chi connectivity index (χ3v) is 5.97. The van der Waals surface area contributed by atoms with Crippen LogP contribution in [-0.2, 0) is 19.1 Å². The van der Waals surface area contributed by atoms with Crippen LogP contribution in [-0.4, -0.2) is 34.6 Å². The maximum atomic E-state index is 6.37. The fourth-order valence-corrected chi connectivity index (χ4v) is 4.11. The zero-order valence-corrected chi connectivity index (χ0v) is 17.0. The van der Waals surface area contributed by atoms with Gasteiger partial charge in [-0.25, -0.2) is 4.98 Å². The van der Waals surface area contributed by atoms with Crippen LogP contribution in [0.15, 0.2) is 29.9 Å². The van der Waals surface area contributed by atoms with Gasteiger partial charge < -0.3 is 4.74 Å². The molecule has 1 unspecified atom stereocenters. The van der Waals surface area contributed by atoms with E-state index in [-0.39, 0.29) is 12.0 Å². The van der Waals surface area contributed by atoms with Gasteiger partial charge in [-0.15, -0.1) is 15.3 Å². The summed E-state index contributed by atoms with van der Waals surface area (Å²) in [5.41, 5.74) is 1.41. The standard InChI is InChI=1S/C17H19ClN7OS/c1-17(2,3)11-8-14-20-21-15(12-6-5-7-27(12)18)25(14)23-16(11)26-9-13-19-10-24(4)22-13/h5-8,10H,9H2,1-4H3/q+1. The number of nitrogens with zero attached hydrogens (tertiary/aromatic N) is 7. The Morgan fingerprint density at radius 1 is 1.22 bits per heavy atom. The molecule has 0 spiro atoms. The van der Waals surface area contributed by atoms with E-state index in [1.807, 2.05) is 30.6 Å². The van der Waals surface area contributed by atoms with Crippen LogP contribution in [0.2, 0.25) is 0 Å². The normalized spacial score (nSPS) is 12.7. The van der Waals surface area contributed by atoms with Crippen molar-refractivity contribution in [3.8, 4) is 16.6 Å². The lowest BCUT2D eigenvalue weighted by molar-refractivity contribution is 0.271. The molecular formula is C17H19ClN7OS+. The molecule has 0 N–H and O–H groups in total. The molecular weight excluding hydrogens is 386 g/mol. The fourth-order valence-electron chi connectivity index (χ4n) is 2.69. The van der Waals surface area contributed by atoms with Gasteiger partial charge in [0.15, 0.2) is 23.5 Å². The van der Waals surface area contributed by atoms with Crippen LogP contribution in [0.4, 0.5) is 0 Å². The zero-order chi connectivity index (χ0) is 19.2. The van der Waals surface area contributed by atoms with E-state index in [0.29, 0.717) is 23.2 Å². The van der Waals surface area contributed by atoms with Crippen LogP contribution in [0.5, 0.6) is 5.88 Å². The van der Waals surface area contributed by atoms with E-state index in [2.05, 4.69) is 46.1 Å². The first-order valence-electron chi connectivity index (χ1n) is 8.35. The molecule has 0 saturated heterocycles. The number of aromatic nitrogens is 7. The van der Waals surface area contributed by atoms with Crippen molar-refractivity contribution < 1.29 is 4.74 Å². The Morgan fingerprint density at radius 3 is 2.67 bits per heavy atom. The predicted octanol–water partition coefficient (Wildman–Crippen LogP) is 3.55. The first kappa shape index (κ1) is 17.9. The molecule has 140 valence electrons. The van der Waals surface area contributed by atoms with Crippen LogP contribution in [0.25, 0.3) is 16.3 Å². The van der Waals surface area contributed by atoms with Gasteiger partial charge in [0, 0.05) is 18.7 Å². The molecule has 4 aromatic heterocycles. The lowest BCUT2D eigenvalue weighted by Gasteiger charge is -2.21. The minimum atomic E-state index is -0.530. The van der Waals surface area contributed by atoms with Crippen molar-refractivity contribution in [1.29, 1.82) is 0 Å². The Kier molecular flexibility index (Phi) is 4.35. The fraction of sp³-hybridized carbons (Fsp3) is 0.353. The molecule has 4 rings (SSSR count). The Labute approximate surface area is 163 Å². The Balaban J connectivity index is 1.80. The summed E-state index contributed by atoms with van der Waals surface area (Å²) in [6.07, 6.45) is 1.64. The van der Waals surface area contributed by atoms with Gasteiger partial charge in [0.05, 0.1) is 0 Å². The highest BCUT2D eigenvalue weighted by Gasteiger charge is 2.26. The van der Waals surface area contributed by atoms with Crippen LogP contribution >= 0.6 is 20.4 Å². The number of thiophene rings is 1. The number of hydrogen-bond donors (Lipinski definition) is 0. The summed E-state index contributed by atoms with van der Waals surface area (Å²) >= 11 is 0. The highest BCUT2D eigenvalue weighted by Crippen LogP contribution is 2.37. The molecule has 4 heterocycles. The van der Waals surface area contributed by atoms with E-state index < -0.39 is 9.68 Å². The SMILES string of the molecule is Cn1cnc(COc2nn3c(-c4ccc[s+]4Cl)nnc3cc2C(C)(C)C)n1. The second-order valence-corrected chi connectivity index (χ2v) is 9.45. The van der Waals surface area contributed by atoms with Crippen LogP contribution in [0.1, 0.15) is 32.2 Å². The largest absolute Gasteiger partial charge is 0.468 e. The summed E-state index contributed by atoms with van der Waals surface area (Å²) in [6, 6.07) is 5.81. The zero-order valence-electron chi connectivity index (χ0n) is 15.4.